The van der Waals surface area contributed by atoms with Crippen LogP contribution in [0.2, 0.25) is 0 Å². The first kappa shape index (κ1) is 18.4. The third-order valence-corrected chi connectivity index (χ3v) is 3.36. The minimum Gasteiger partial charge on any atom is -0.347 e. The van der Waals surface area contributed by atoms with Gasteiger partial charge in [0.1, 0.15) is 6.54 Å². The Morgan fingerprint density at radius 2 is 1.68 bits per heavy atom. The van der Waals surface area contributed by atoms with E-state index >= 15 is 0 Å². The summed E-state index contributed by atoms with van der Waals surface area (Å²) in [5, 5.41) is 5.60. The van der Waals surface area contributed by atoms with Crippen LogP contribution in [0, 0.1) is 6.92 Å². The number of rotatable bonds is 4. The highest BCUT2D eigenvalue weighted by atomic mass is 16.2. The molecule has 0 fully saturated rings. The molecule has 25 heavy (non-hydrogen) atoms. The zero-order valence-electron chi connectivity index (χ0n) is 14.9. The highest BCUT2D eigenvalue weighted by molar-refractivity contribution is 5.96. The smallest absolute Gasteiger partial charge is 0.251 e. The quantitative estimate of drug-likeness (QED) is 0.896. The summed E-state index contributed by atoms with van der Waals surface area (Å²) in [6.45, 7) is 7.52. The van der Waals surface area contributed by atoms with E-state index in [1.165, 1.54) is 10.6 Å². The molecule has 2 amide bonds. The van der Waals surface area contributed by atoms with Crippen molar-refractivity contribution in [2.75, 3.05) is 5.32 Å². The zero-order chi connectivity index (χ0) is 18.6. The second kappa shape index (κ2) is 7.34. The summed E-state index contributed by atoms with van der Waals surface area (Å²) in [6, 6.07) is 9.76. The van der Waals surface area contributed by atoms with E-state index < -0.39 is 0 Å². The van der Waals surface area contributed by atoms with E-state index in [9.17, 15) is 14.4 Å². The number of pyridine rings is 1. The molecule has 0 atom stereocenters. The molecule has 0 radical (unpaired) electrons. The fourth-order valence-corrected chi connectivity index (χ4v) is 2.25. The number of nitrogens with one attached hydrogen (secondary N) is 2. The lowest BCUT2D eigenvalue weighted by molar-refractivity contribution is -0.116. The van der Waals surface area contributed by atoms with Gasteiger partial charge < -0.3 is 15.2 Å². The molecule has 0 bridgehead atoms. The summed E-state index contributed by atoms with van der Waals surface area (Å²) in [5.74, 6) is -0.476. The molecule has 0 aliphatic heterocycles. The van der Waals surface area contributed by atoms with Gasteiger partial charge in [-0.25, -0.2) is 0 Å². The average Bonchev–Trinajstić information content (AvgIpc) is 2.50. The number of nitrogens with zero attached hydrogens (tertiary/aromatic N) is 1. The van der Waals surface area contributed by atoms with Crippen molar-refractivity contribution >= 4 is 17.5 Å². The van der Waals surface area contributed by atoms with Crippen molar-refractivity contribution in [2.24, 2.45) is 0 Å². The Hall–Kier alpha value is -2.89. The van der Waals surface area contributed by atoms with Crippen LogP contribution < -0.4 is 16.2 Å². The van der Waals surface area contributed by atoms with Gasteiger partial charge in [0.15, 0.2) is 0 Å². The van der Waals surface area contributed by atoms with Gasteiger partial charge in [-0.15, -0.1) is 0 Å². The minimum atomic E-state index is -0.314. The average molecular weight is 341 g/mol. The van der Waals surface area contributed by atoms with Gasteiger partial charge in [0.2, 0.25) is 5.91 Å². The van der Waals surface area contributed by atoms with Gasteiger partial charge in [0, 0.05) is 29.1 Å². The first-order valence-electron chi connectivity index (χ1n) is 8.03. The summed E-state index contributed by atoms with van der Waals surface area (Å²) in [4.78, 5) is 35.9. The topological polar surface area (TPSA) is 80.2 Å². The molecule has 1 aromatic heterocycles. The van der Waals surface area contributed by atoms with Crippen molar-refractivity contribution in [1.82, 2.24) is 9.88 Å². The molecule has 0 saturated carbocycles. The molecular formula is C19H23N3O3. The Balaban J connectivity index is 2.01. The fourth-order valence-electron chi connectivity index (χ4n) is 2.25. The van der Waals surface area contributed by atoms with Crippen LogP contribution in [0.4, 0.5) is 5.69 Å². The maximum atomic E-state index is 12.1. The molecule has 0 aliphatic carbocycles. The lowest BCUT2D eigenvalue weighted by Crippen LogP contribution is -2.40. The molecule has 2 aromatic rings. The molecule has 1 heterocycles. The summed E-state index contributed by atoms with van der Waals surface area (Å²) in [6.07, 6.45) is 1.64. The first-order valence-corrected chi connectivity index (χ1v) is 8.03. The van der Waals surface area contributed by atoms with E-state index in [0.717, 1.165) is 5.56 Å². The minimum absolute atomic E-state index is 0.0627. The highest BCUT2D eigenvalue weighted by Gasteiger charge is 2.15. The van der Waals surface area contributed by atoms with Gasteiger partial charge in [0.05, 0.1) is 0 Å². The largest absolute Gasteiger partial charge is 0.347 e. The number of anilines is 1. The van der Waals surface area contributed by atoms with Crippen LogP contribution in [0.5, 0.6) is 0 Å². The number of aromatic nitrogens is 1. The van der Waals surface area contributed by atoms with Gasteiger partial charge in [-0.3, -0.25) is 14.4 Å². The number of hydrogen-bond donors (Lipinski definition) is 2. The number of amides is 2. The Morgan fingerprint density at radius 1 is 1.04 bits per heavy atom. The standard InChI is InChI=1S/C19H23N3O3/c1-13-5-10-17(24)22(11-13)12-16(23)20-15-8-6-14(7-9-15)18(25)21-19(2,3)4/h5-11H,12H2,1-4H3,(H,20,23)(H,21,25). The lowest BCUT2D eigenvalue weighted by atomic mass is 10.1. The van der Waals surface area contributed by atoms with Crippen molar-refractivity contribution in [3.05, 3.63) is 64.1 Å². The number of carbonyl (C=O) groups excluding carboxylic acids is 2. The normalized spacial score (nSPS) is 11.0. The Labute approximate surface area is 146 Å². The molecule has 6 heteroatoms. The number of aryl methyl sites for hydroxylation is 1. The van der Waals surface area contributed by atoms with Crippen LogP contribution >= 0.6 is 0 Å². The van der Waals surface area contributed by atoms with Gasteiger partial charge in [-0.05, 0) is 57.5 Å². The molecule has 6 nitrogen and oxygen atoms in total. The predicted octanol–water partition coefficient (Wildman–Crippen LogP) is 2.32. The lowest BCUT2D eigenvalue weighted by Gasteiger charge is -2.20. The number of hydrogen-bond acceptors (Lipinski definition) is 3. The van der Waals surface area contributed by atoms with Gasteiger partial charge >= 0.3 is 0 Å². The number of carbonyl (C=O) groups is 2. The second-order valence-electron chi connectivity index (χ2n) is 7.00. The Morgan fingerprint density at radius 3 is 2.28 bits per heavy atom. The second-order valence-corrected chi connectivity index (χ2v) is 7.00. The Bertz CT molecular complexity index is 830. The molecule has 1 aromatic carbocycles. The number of benzene rings is 1. The fraction of sp³-hybridized carbons (Fsp3) is 0.316. The van der Waals surface area contributed by atoms with Crippen LogP contribution in [0.1, 0.15) is 36.7 Å². The first-order chi connectivity index (χ1) is 11.6. The predicted molar refractivity (Wildman–Crippen MR) is 97.7 cm³/mol. The van der Waals surface area contributed by atoms with Crippen LogP contribution in [-0.2, 0) is 11.3 Å². The van der Waals surface area contributed by atoms with Crippen molar-refractivity contribution in [3.63, 3.8) is 0 Å². The highest BCUT2D eigenvalue weighted by Crippen LogP contribution is 2.11. The van der Waals surface area contributed by atoms with E-state index in [1.54, 1.807) is 36.5 Å². The zero-order valence-corrected chi connectivity index (χ0v) is 14.9. The third-order valence-electron chi connectivity index (χ3n) is 3.36. The van der Waals surface area contributed by atoms with Crippen molar-refractivity contribution in [2.45, 2.75) is 39.8 Å². The molecule has 0 saturated heterocycles. The summed E-state index contributed by atoms with van der Waals surface area (Å²) in [7, 11) is 0. The molecular weight excluding hydrogens is 318 g/mol. The molecule has 132 valence electrons. The van der Waals surface area contributed by atoms with E-state index in [4.69, 9.17) is 0 Å². The van der Waals surface area contributed by atoms with Gasteiger partial charge in [-0.2, -0.15) is 0 Å². The van der Waals surface area contributed by atoms with E-state index in [0.29, 0.717) is 11.3 Å². The van der Waals surface area contributed by atoms with Crippen LogP contribution in [0.25, 0.3) is 0 Å². The molecule has 0 unspecified atom stereocenters. The summed E-state index contributed by atoms with van der Waals surface area (Å²) in [5.41, 5.74) is 1.45. The summed E-state index contributed by atoms with van der Waals surface area (Å²) < 4.78 is 1.36. The van der Waals surface area contributed by atoms with Crippen LogP contribution in [0.15, 0.2) is 47.4 Å². The van der Waals surface area contributed by atoms with Crippen molar-refractivity contribution in [1.29, 1.82) is 0 Å². The third kappa shape index (κ3) is 5.60. The maximum Gasteiger partial charge on any atom is 0.251 e. The molecule has 2 rings (SSSR count). The molecule has 0 spiro atoms. The SMILES string of the molecule is Cc1ccc(=O)n(CC(=O)Nc2ccc(C(=O)NC(C)(C)C)cc2)c1. The maximum absolute atomic E-state index is 12.1. The van der Waals surface area contributed by atoms with Gasteiger partial charge in [0.25, 0.3) is 11.5 Å². The Kier molecular flexibility index (Phi) is 5.41. The van der Waals surface area contributed by atoms with E-state index in [1.807, 2.05) is 27.7 Å². The monoisotopic (exact) mass is 341 g/mol. The van der Waals surface area contributed by atoms with Crippen LogP contribution in [-0.4, -0.2) is 21.9 Å². The van der Waals surface area contributed by atoms with E-state index in [-0.39, 0.29) is 29.5 Å². The van der Waals surface area contributed by atoms with Crippen molar-refractivity contribution in [3.8, 4) is 0 Å². The van der Waals surface area contributed by atoms with Crippen LogP contribution in [0.3, 0.4) is 0 Å². The van der Waals surface area contributed by atoms with E-state index in [2.05, 4.69) is 10.6 Å². The molecule has 2 N–H and O–H groups in total. The van der Waals surface area contributed by atoms with Crippen molar-refractivity contribution < 1.29 is 9.59 Å². The summed E-state index contributed by atoms with van der Waals surface area (Å²) >= 11 is 0. The molecule has 0 aliphatic rings. The van der Waals surface area contributed by atoms with Gasteiger partial charge in [-0.1, -0.05) is 6.07 Å².